The summed E-state index contributed by atoms with van der Waals surface area (Å²) in [6, 6.07) is 4.72. The second-order valence-electron chi connectivity index (χ2n) is 5.42. The maximum Gasteiger partial charge on any atom is 0.0756 e. The molecule has 1 heterocycles. The Hall–Kier alpha value is -0.930. The second kappa shape index (κ2) is 7.01. The molecular weight excluding hydrogens is 236 g/mol. The Morgan fingerprint density at radius 1 is 1.37 bits per heavy atom. The van der Waals surface area contributed by atoms with Crippen LogP contribution in [0.5, 0.6) is 0 Å². The fourth-order valence-electron chi connectivity index (χ4n) is 2.69. The molecule has 0 saturated heterocycles. The number of nitrogens with zero attached hydrogens (tertiary/aromatic N) is 1. The zero-order valence-corrected chi connectivity index (χ0v) is 12.4. The molecule has 106 valence electrons. The van der Waals surface area contributed by atoms with Crippen molar-refractivity contribution in [2.45, 2.75) is 51.7 Å². The Labute approximate surface area is 116 Å². The Bertz CT molecular complexity index is 373. The molecule has 1 N–H and O–H groups in total. The average Bonchev–Trinajstić information content (AvgIpc) is 3.25. The number of nitrogens with one attached hydrogen (secondary N) is 1. The molecule has 2 atom stereocenters. The summed E-state index contributed by atoms with van der Waals surface area (Å²) in [6.07, 6.45) is 6.94. The van der Waals surface area contributed by atoms with E-state index in [4.69, 9.17) is 4.74 Å². The third kappa shape index (κ3) is 4.02. The SMILES string of the molecule is CCNC(Cc1ccc(CC)cn1)C(OC)C1CC1. The van der Waals surface area contributed by atoms with Gasteiger partial charge in [0, 0.05) is 31.5 Å². The lowest BCUT2D eigenvalue weighted by Gasteiger charge is -2.26. The number of hydrogen-bond acceptors (Lipinski definition) is 3. The topological polar surface area (TPSA) is 34.2 Å². The highest BCUT2D eigenvalue weighted by atomic mass is 16.5. The maximum atomic E-state index is 5.72. The summed E-state index contributed by atoms with van der Waals surface area (Å²) in [7, 11) is 1.83. The van der Waals surface area contributed by atoms with Crippen LogP contribution in [0.3, 0.4) is 0 Å². The van der Waals surface area contributed by atoms with E-state index < -0.39 is 0 Å². The summed E-state index contributed by atoms with van der Waals surface area (Å²) in [4.78, 5) is 4.57. The van der Waals surface area contributed by atoms with Crippen LogP contribution in [0.25, 0.3) is 0 Å². The van der Waals surface area contributed by atoms with Gasteiger partial charge in [-0.2, -0.15) is 0 Å². The first kappa shape index (κ1) is 14.5. The monoisotopic (exact) mass is 262 g/mol. The highest BCUT2D eigenvalue weighted by Crippen LogP contribution is 2.36. The molecule has 3 nitrogen and oxygen atoms in total. The number of rotatable bonds is 8. The van der Waals surface area contributed by atoms with Crippen LogP contribution in [0.15, 0.2) is 18.3 Å². The summed E-state index contributed by atoms with van der Waals surface area (Å²) in [5.74, 6) is 0.740. The zero-order chi connectivity index (χ0) is 13.7. The lowest BCUT2D eigenvalue weighted by Crippen LogP contribution is -2.44. The number of pyridine rings is 1. The molecule has 3 heteroatoms. The number of aryl methyl sites for hydroxylation is 1. The van der Waals surface area contributed by atoms with Gasteiger partial charge in [0.1, 0.15) is 0 Å². The van der Waals surface area contributed by atoms with Crippen molar-refractivity contribution in [3.05, 3.63) is 29.6 Å². The number of likely N-dealkylation sites (N-methyl/N-ethyl adjacent to an activating group) is 1. The molecule has 1 aliphatic carbocycles. The fraction of sp³-hybridized carbons (Fsp3) is 0.688. The molecule has 19 heavy (non-hydrogen) atoms. The van der Waals surface area contributed by atoms with Crippen LogP contribution in [0.2, 0.25) is 0 Å². The molecule has 0 spiro atoms. The van der Waals surface area contributed by atoms with Crippen molar-refractivity contribution in [2.24, 2.45) is 5.92 Å². The molecule has 1 saturated carbocycles. The Balaban J connectivity index is 2.01. The molecule has 2 rings (SSSR count). The molecule has 1 aromatic heterocycles. The summed E-state index contributed by atoms with van der Waals surface area (Å²) in [5, 5.41) is 3.57. The van der Waals surface area contributed by atoms with Crippen LogP contribution in [-0.2, 0) is 17.6 Å². The first-order valence-electron chi connectivity index (χ1n) is 7.48. The average molecular weight is 262 g/mol. The largest absolute Gasteiger partial charge is 0.380 e. The van der Waals surface area contributed by atoms with Crippen LogP contribution in [-0.4, -0.2) is 30.8 Å². The van der Waals surface area contributed by atoms with E-state index >= 15 is 0 Å². The minimum Gasteiger partial charge on any atom is -0.380 e. The zero-order valence-electron chi connectivity index (χ0n) is 12.4. The summed E-state index contributed by atoms with van der Waals surface area (Å²) in [6.45, 7) is 5.29. The van der Waals surface area contributed by atoms with Crippen molar-refractivity contribution >= 4 is 0 Å². The second-order valence-corrected chi connectivity index (χ2v) is 5.42. The molecule has 0 aromatic carbocycles. The van der Waals surface area contributed by atoms with Crippen LogP contribution in [0, 0.1) is 5.92 Å². The lowest BCUT2D eigenvalue weighted by atomic mass is 10.0. The minimum absolute atomic E-state index is 0.326. The van der Waals surface area contributed by atoms with Crippen molar-refractivity contribution in [3.8, 4) is 0 Å². The minimum atomic E-state index is 0.326. The number of methoxy groups -OCH3 is 1. The van der Waals surface area contributed by atoms with E-state index in [0.717, 1.165) is 31.0 Å². The lowest BCUT2D eigenvalue weighted by molar-refractivity contribution is 0.0513. The van der Waals surface area contributed by atoms with E-state index in [0.29, 0.717) is 12.1 Å². The van der Waals surface area contributed by atoms with Gasteiger partial charge in [0.25, 0.3) is 0 Å². The normalized spacial score (nSPS) is 18.3. The van der Waals surface area contributed by atoms with E-state index in [9.17, 15) is 0 Å². The highest BCUT2D eigenvalue weighted by molar-refractivity contribution is 5.15. The Morgan fingerprint density at radius 2 is 2.16 bits per heavy atom. The molecule has 0 radical (unpaired) electrons. The molecule has 1 aromatic rings. The number of aromatic nitrogens is 1. The molecule has 0 amide bonds. The smallest absolute Gasteiger partial charge is 0.0756 e. The van der Waals surface area contributed by atoms with Crippen LogP contribution in [0.4, 0.5) is 0 Å². The van der Waals surface area contributed by atoms with Crippen molar-refractivity contribution in [1.29, 1.82) is 0 Å². The van der Waals surface area contributed by atoms with E-state index in [2.05, 4.69) is 36.3 Å². The molecule has 2 unspecified atom stereocenters. The van der Waals surface area contributed by atoms with Gasteiger partial charge in [0.2, 0.25) is 0 Å². The van der Waals surface area contributed by atoms with E-state index in [1.807, 2.05) is 13.3 Å². The van der Waals surface area contributed by atoms with Crippen LogP contribution >= 0.6 is 0 Å². The third-order valence-electron chi connectivity index (χ3n) is 3.94. The van der Waals surface area contributed by atoms with Gasteiger partial charge < -0.3 is 10.1 Å². The standard InChI is InChI=1S/C16H26N2O/c1-4-12-6-9-14(18-11-12)10-15(17-5-2)16(19-3)13-7-8-13/h6,9,11,13,15-17H,4-5,7-8,10H2,1-3H3. The highest BCUT2D eigenvalue weighted by Gasteiger charge is 2.36. The first-order valence-corrected chi connectivity index (χ1v) is 7.48. The quantitative estimate of drug-likeness (QED) is 0.782. The van der Waals surface area contributed by atoms with Gasteiger partial charge in [-0.1, -0.05) is 19.9 Å². The Morgan fingerprint density at radius 3 is 2.63 bits per heavy atom. The predicted octanol–water partition coefficient (Wildman–Crippen LogP) is 2.59. The van der Waals surface area contributed by atoms with Gasteiger partial charge >= 0.3 is 0 Å². The van der Waals surface area contributed by atoms with E-state index in [-0.39, 0.29) is 0 Å². The maximum absolute atomic E-state index is 5.72. The van der Waals surface area contributed by atoms with Crippen molar-refractivity contribution in [1.82, 2.24) is 10.3 Å². The van der Waals surface area contributed by atoms with Crippen LogP contribution < -0.4 is 5.32 Å². The Kier molecular flexibility index (Phi) is 5.34. The van der Waals surface area contributed by atoms with Gasteiger partial charge in [-0.15, -0.1) is 0 Å². The van der Waals surface area contributed by atoms with Gasteiger partial charge in [-0.25, -0.2) is 0 Å². The predicted molar refractivity (Wildman–Crippen MR) is 78.3 cm³/mol. The molecule has 0 bridgehead atoms. The van der Waals surface area contributed by atoms with Gasteiger partial charge in [-0.3, -0.25) is 4.98 Å². The van der Waals surface area contributed by atoms with Gasteiger partial charge in [-0.05, 0) is 43.4 Å². The van der Waals surface area contributed by atoms with E-state index in [1.165, 1.54) is 18.4 Å². The molecular formula is C16H26N2O. The summed E-state index contributed by atoms with van der Waals surface area (Å²) in [5.41, 5.74) is 2.46. The fourth-order valence-corrected chi connectivity index (χ4v) is 2.69. The molecule has 1 aliphatic rings. The summed E-state index contributed by atoms with van der Waals surface area (Å²) < 4.78 is 5.72. The molecule has 0 aliphatic heterocycles. The first-order chi connectivity index (χ1) is 9.28. The van der Waals surface area contributed by atoms with E-state index in [1.54, 1.807) is 0 Å². The van der Waals surface area contributed by atoms with Crippen molar-refractivity contribution in [3.63, 3.8) is 0 Å². The van der Waals surface area contributed by atoms with Crippen molar-refractivity contribution in [2.75, 3.05) is 13.7 Å². The van der Waals surface area contributed by atoms with Gasteiger partial charge in [0.05, 0.1) is 6.10 Å². The third-order valence-corrected chi connectivity index (χ3v) is 3.94. The number of ether oxygens (including phenoxy) is 1. The molecule has 1 fully saturated rings. The number of hydrogen-bond donors (Lipinski definition) is 1. The van der Waals surface area contributed by atoms with Crippen molar-refractivity contribution < 1.29 is 4.74 Å². The summed E-state index contributed by atoms with van der Waals surface area (Å²) >= 11 is 0. The van der Waals surface area contributed by atoms with Gasteiger partial charge in [0.15, 0.2) is 0 Å². The van der Waals surface area contributed by atoms with Crippen LogP contribution in [0.1, 0.15) is 37.9 Å².